The van der Waals surface area contributed by atoms with Gasteiger partial charge in [0.15, 0.2) is 5.75 Å². The second kappa shape index (κ2) is 10.9. The molecular weight excluding hydrogens is 466 g/mol. The number of anilines is 1. The fourth-order valence-corrected chi connectivity index (χ4v) is 4.33. The Kier molecular flexibility index (Phi) is 8.76. The molecule has 12 heteroatoms. The van der Waals surface area contributed by atoms with E-state index >= 15 is 0 Å². The number of sulfonamides is 1. The highest BCUT2D eigenvalue weighted by Gasteiger charge is 2.29. The number of rotatable bonds is 8. The quantitative estimate of drug-likeness (QED) is 0.516. The number of aryl methyl sites for hydroxylation is 1. The van der Waals surface area contributed by atoms with Crippen molar-refractivity contribution >= 4 is 33.7 Å². The molecule has 0 bridgehead atoms. The largest absolute Gasteiger partial charge is 0.489 e. The molecule has 0 unspecified atom stereocenters. The average Bonchev–Trinajstić information content (AvgIpc) is 2.68. The van der Waals surface area contributed by atoms with Gasteiger partial charge >= 0.3 is 12.1 Å². The highest BCUT2D eigenvalue weighted by atomic mass is 32.2. The van der Waals surface area contributed by atoms with E-state index in [1.807, 2.05) is 0 Å². The van der Waals surface area contributed by atoms with Crippen molar-refractivity contribution in [3.63, 3.8) is 0 Å². The summed E-state index contributed by atoms with van der Waals surface area (Å²) in [6.45, 7) is 9.51. The van der Waals surface area contributed by atoms with Crippen LogP contribution >= 0.6 is 0 Å². The lowest BCUT2D eigenvalue weighted by Gasteiger charge is -2.33. The summed E-state index contributed by atoms with van der Waals surface area (Å²) in [6, 6.07) is 2.80. The Hall–Kier alpha value is -3.02. The van der Waals surface area contributed by atoms with Gasteiger partial charge in [-0.15, -0.1) is 0 Å². The van der Waals surface area contributed by atoms with Crippen LogP contribution in [0.4, 0.5) is 10.5 Å². The molecule has 11 nitrogen and oxygen atoms in total. The van der Waals surface area contributed by atoms with Gasteiger partial charge in [0.2, 0.25) is 10.0 Å². The highest BCUT2D eigenvalue weighted by Crippen LogP contribution is 2.30. The lowest BCUT2D eigenvalue weighted by Crippen LogP contribution is -2.44. The number of likely N-dealkylation sites (tertiary alicyclic amines) is 1. The molecule has 1 aromatic rings. The molecule has 1 aromatic carbocycles. The lowest BCUT2D eigenvalue weighted by molar-refractivity contribution is -0.139. The third kappa shape index (κ3) is 8.08. The van der Waals surface area contributed by atoms with Gasteiger partial charge in [-0.2, -0.15) is 0 Å². The maximum absolute atomic E-state index is 12.3. The van der Waals surface area contributed by atoms with E-state index in [0.29, 0.717) is 31.5 Å². The van der Waals surface area contributed by atoms with Crippen LogP contribution in [0.25, 0.3) is 0 Å². The summed E-state index contributed by atoms with van der Waals surface area (Å²) >= 11 is 0. The summed E-state index contributed by atoms with van der Waals surface area (Å²) in [5.41, 5.74) is 5.49. The van der Waals surface area contributed by atoms with Crippen molar-refractivity contribution in [2.24, 2.45) is 5.73 Å². The van der Waals surface area contributed by atoms with Crippen LogP contribution in [0.2, 0.25) is 0 Å². The third-order valence-electron chi connectivity index (χ3n) is 4.86. The van der Waals surface area contributed by atoms with Gasteiger partial charge in [-0.1, -0.05) is 0 Å². The molecule has 0 aliphatic carbocycles. The average molecular weight is 500 g/mol. The number of primary amides is 1. The molecule has 2 amide bonds. The van der Waals surface area contributed by atoms with E-state index in [1.54, 1.807) is 39.5 Å². The Morgan fingerprint density at radius 1 is 1.18 bits per heavy atom. The Bertz CT molecular complexity index is 1030. The number of carbonyl (C=O) groups is 3. The van der Waals surface area contributed by atoms with E-state index in [-0.39, 0.29) is 35.8 Å². The number of nitrogens with two attached hydrogens (primary N) is 1. The van der Waals surface area contributed by atoms with Crippen LogP contribution in [0.1, 0.15) is 56.5 Å². The predicted molar refractivity (Wildman–Crippen MR) is 125 cm³/mol. The fourth-order valence-electron chi connectivity index (χ4n) is 3.31. The van der Waals surface area contributed by atoms with Gasteiger partial charge in [-0.05, 0) is 52.3 Å². The number of carbonyl (C=O) groups excluding carboxylic acids is 3. The number of nitrogens with one attached hydrogen (secondary N) is 1. The SMILES string of the molecule is CCOC(=O)CS(=O)(=O)Nc1cc(C(N)=O)c(OC2CCN(C(=O)OC(C)(C)C)CC2)cc1C. The van der Waals surface area contributed by atoms with E-state index in [1.165, 1.54) is 12.1 Å². The van der Waals surface area contributed by atoms with Crippen molar-refractivity contribution in [1.82, 2.24) is 4.90 Å². The molecule has 3 N–H and O–H groups in total. The molecule has 0 radical (unpaired) electrons. The van der Waals surface area contributed by atoms with Crippen LogP contribution < -0.4 is 15.2 Å². The number of esters is 1. The zero-order valence-corrected chi connectivity index (χ0v) is 21.0. The van der Waals surface area contributed by atoms with E-state index in [0.717, 1.165) is 0 Å². The first kappa shape index (κ1) is 27.2. The van der Waals surface area contributed by atoms with E-state index in [9.17, 15) is 22.8 Å². The maximum atomic E-state index is 12.3. The molecule has 190 valence electrons. The Balaban J connectivity index is 2.11. The van der Waals surface area contributed by atoms with E-state index in [2.05, 4.69) is 9.46 Å². The third-order valence-corrected chi connectivity index (χ3v) is 6.00. The first-order chi connectivity index (χ1) is 15.7. The number of piperidine rings is 1. The van der Waals surface area contributed by atoms with Gasteiger partial charge in [0.05, 0.1) is 17.9 Å². The van der Waals surface area contributed by atoms with Gasteiger partial charge in [-0.3, -0.25) is 14.3 Å². The smallest absolute Gasteiger partial charge is 0.410 e. The highest BCUT2D eigenvalue weighted by molar-refractivity contribution is 7.93. The van der Waals surface area contributed by atoms with Crippen molar-refractivity contribution < 1.29 is 37.0 Å². The Labute approximate surface area is 200 Å². The molecule has 34 heavy (non-hydrogen) atoms. The fraction of sp³-hybridized carbons (Fsp3) is 0.591. The molecule has 0 saturated carbocycles. The van der Waals surface area contributed by atoms with Crippen molar-refractivity contribution in [1.29, 1.82) is 0 Å². The van der Waals surface area contributed by atoms with Crippen LogP contribution in [-0.2, 0) is 24.3 Å². The van der Waals surface area contributed by atoms with Crippen LogP contribution in [0.5, 0.6) is 5.75 Å². The lowest BCUT2D eigenvalue weighted by atomic mass is 10.1. The van der Waals surface area contributed by atoms with Crippen molar-refractivity contribution in [2.45, 2.75) is 59.2 Å². The second-order valence-electron chi connectivity index (χ2n) is 8.98. The number of amides is 2. The first-order valence-electron chi connectivity index (χ1n) is 11.0. The van der Waals surface area contributed by atoms with Crippen molar-refractivity contribution in [2.75, 3.05) is 30.2 Å². The minimum Gasteiger partial charge on any atom is -0.489 e. The van der Waals surface area contributed by atoms with Crippen molar-refractivity contribution in [3.8, 4) is 5.75 Å². The van der Waals surface area contributed by atoms with E-state index < -0.39 is 33.3 Å². The summed E-state index contributed by atoms with van der Waals surface area (Å²) in [5, 5.41) is 0. The maximum Gasteiger partial charge on any atom is 0.410 e. The number of hydrogen-bond acceptors (Lipinski definition) is 8. The topological polar surface area (TPSA) is 154 Å². The van der Waals surface area contributed by atoms with Gasteiger partial charge < -0.3 is 24.8 Å². The number of benzene rings is 1. The number of ether oxygens (including phenoxy) is 3. The normalized spacial score (nSPS) is 14.9. The number of hydrogen-bond donors (Lipinski definition) is 2. The first-order valence-corrected chi connectivity index (χ1v) is 12.6. The summed E-state index contributed by atoms with van der Waals surface area (Å²) in [4.78, 5) is 37.4. The summed E-state index contributed by atoms with van der Waals surface area (Å²) in [7, 11) is -4.06. The molecular formula is C22H33N3O8S. The molecule has 0 aromatic heterocycles. The summed E-state index contributed by atoms with van der Waals surface area (Å²) in [6.07, 6.45) is 0.371. The molecule has 1 fully saturated rings. The summed E-state index contributed by atoms with van der Waals surface area (Å²) in [5.74, 6) is -2.33. The molecule has 0 spiro atoms. The zero-order chi connectivity index (χ0) is 25.7. The Morgan fingerprint density at radius 3 is 2.32 bits per heavy atom. The Morgan fingerprint density at radius 2 is 1.79 bits per heavy atom. The van der Waals surface area contributed by atoms with Gasteiger partial charge in [0, 0.05) is 25.9 Å². The van der Waals surface area contributed by atoms with Gasteiger partial charge in [0.1, 0.15) is 17.5 Å². The molecule has 1 aliphatic rings. The molecule has 2 rings (SSSR count). The summed E-state index contributed by atoms with van der Waals surface area (Å²) < 4.78 is 42.9. The second-order valence-corrected chi connectivity index (χ2v) is 10.7. The monoisotopic (exact) mass is 499 g/mol. The molecule has 1 heterocycles. The van der Waals surface area contributed by atoms with Crippen molar-refractivity contribution in [3.05, 3.63) is 23.3 Å². The van der Waals surface area contributed by atoms with Gasteiger partial charge in [0.25, 0.3) is 5.91 Å². The molecule has 1 aliphatic heterocycles. The number of nitrogens with zero attached hydrogens (tertiary/aromatic N) is 1. The van der Waals surface area contributed by atoms with E-state index in [4.69, 9.17) is 15.2 Å². The standard InChI is InChI=1S/C22H33N3O8S/c1-6-31-19(26)13-34(29,30)24-17-12-16(20(23)27)18(11-14(17)2)32-15-7-9-25(10-8-15)21(28)33-22(3,4)5/h11-12,15,24H,6-10,13H2,1-5H3,(H2,23,27). The minimum atomic E-state index is -4.06. The molecule has 1 saturated heterocycles. The van der Waals surface area contributed by atoms with Crippen LogP contribution in [0, 0.1) is 6.92 Å². The molecule has 0 atom stereocenters. The van der Waals surface area contributed by atoms with Crippen LogP contribution in [0.3, 0.4) is 0 Å². The van der Waals surface area contributed by atoms with Gasteiger partial charge in [-0.25, -0.2) is 13.2 Å². The van der Waals surface area contributed by atoms with Crippen LogP contribution in [-0.4, -0.2) is 68.4 Å². The minimum absolute atomic E-state index is 0.00555. The zero-order valence-electron chi connectivity index (χ0n) is 20.2. The van der Waals surface area contributed by atoms with Crippen LogP contribution in [0.15, 0.2) is 12.1 Å². The predicted octanol–water partition coefficient (Wildman–Crippen LogP) is 2.18.